The quantitative estimate of drug-likeness (QED) is 0.549. The molecule has 1 heterocycles. The number of pyridine rings is 1. The number of aromatic nitrogens is 1. The summed E-state index contributed by atoms with van der Waals surface area (Å²) in [7, 11) is 0. The lowest BCUT2D eigenvalue weighted by molar-refractivity contribution is 0.726. The Balaban J connectivity index is 2.14. The topological polar surface area (TPSA) is 24.9 Å². The number of allylic oxidation sites excluding steroid dienone is 1. The van der Waals surface area contributed by atoms with E-state index < -0.39 is 0 Å². The Kier molecular flexibility index (Phi) is 5.68. The SMILES string of the molecule is CCNCCC=CCc1ccccn1. The van der Waals surface area contributed by atoms with Crippen LogP contribution in [0.2, 0.25) is 0 Å². The van der Waals surface area contributed by atoms with Gasteiger partial charge >= 0.3 is 0 Å². The van der Waals surface area contributed by atoms with E-state index in [1.54, 1.807) is 0 Å². The Bertz CT molecular complexity index is 254. The predicted molar refractivity (Wildman–Crippen MR) is 60.2 cm³/mol. The Morgan fingerprint density at radius 3 is 3.00 bits per heavy atom. The number of hydrogen-bond acceptors (Lipinski definition) is 2. The summed E-state index contributed by atoms with van der Waals surface area (Å²) in [5, 5.41) is 3.28. The molecule has 0 bridgehead atoms. The monoisotopic (exact) mass is 190 g/mol. The van der Waals surface area contributed by atoms with Crippen LogP contribution < -0.4 is 5.32 Å². The van der Waals surface area contributed by atoms with Gasteiger partial charge in [-0.25, -0.2) is 0 Å². The lowest BCUT2D eigenvalue weighted by Gasteiger charge is -1.96. The second-order valence-electron chi connectivity index (χ2n) is 3.14. The zero-order chi connectivity index (χ0) is 10.1. The van der Waals surface area contributed by atoms with Gasteiger partial charge in [0.15, 0.2) is 0 Å². The smallest absolute Gasteiger partial charge is 0.0441 e. The number of nitrogens with one attached hydrogen (secondary N) is 1. The molecule has 0 spiro atoms. The minimum atomic E-state index is 0.937. The van der Waals surface area contributed by atoms with Crippen molar-refractivity contribution in [3.05, 3.63) is 42.2 Å². The summed E-state index contributed by atoms with van der Waals surface area (Å²) in [4.78, 5) is 4.25. The minimum Gasteiger partial charge on any atom is -0.317 e. The Morgan fingerprint density at radius 1 is 1.36 bits per heavy atom. The molecule has 0 amide bonds. The van der Waals surface area contributed by atoms with Gasteiger partial charge in [0, 0.05) is 18.3 Å². The first-order chi connectivity index (χ1) is 6.93. The molecule has 0 aliphatic rings. The summed E-state index contributed by atoms with van der Waals surface area (Å²) in [6, 6.07) is 6.02. The van der Waals surface area contributed by atoms with Crippen molar-refractivity contribution in [2.45, 2.75) is 19.8 Å². The van der Waals surface area contributed by atoms with Crippen molar-refractivity contribution >= 4 is 0 Å². The van der Waals surface area contributed by atoms with Crippen molar-refractivity contribution in [3.63, 3.8) is 0 Å². The molecule has 76 valence electrons. The average molecular weight is 190 g/mol. The van der Waals surface area contributed by atoms with E-state index in [4.69, 9.17) is 0 Å². The highest BCUT2D eigenvalue weighted by molar-refractivity contribution is 5.07. The van der Waals surface area contributed by atoms with Crippen LogP contribution in [0, 0.1) is 0 Å². The van der Waals surface area contributed by atoms with Crippen molar-refractivity contribution < 1.29 is 0 Å². The van der Waals surface area contributed by atoms with Crippen molar-refractivity contribution in [1.29, 1.82) is 0 Å². The third-order valence-corrected chi connectivity index (χ3v) is 1.96. The first-order valence-corrected chi connectivity index (χ1v) is 5.19. The Labute approximate surface area is 86.1 Å². The molecule has 0 saturated carbocycles. The van der Waals surface area contributed by atoms with Gasteiger partial charge in [-0.2, -0.15) is 0 Å². The van der Waals surface area contributed by atoms with Crippen molar-refractivity contribution in [3.8, 4) is 0 Å². The minimum absolute atomic E-state index is 0.937. The summed E-state index contributed by atoms with van der Waals surface area (Å²) >= 11 is 0. The lowest BCUT2D eigenvalue weighted by atomic mass is 10.2. The van der Waals surface area contributed by atoms with Crippen LogP contribution in [0.25, 0.3) is 0 Å². The van der Waals surface area contributed by atoms with E-state index in [2.05, 4.69) is 35.4 Å². The predicted octanol–water partition coefficient (Wildman–Crippen LogP) is 2.18. The van der Waals surface area contributed by atoms with Gasteiger partial charge in [0.1, 0.15) is 0 Å². The largest absolute Gasteiger partial charge is 0.317 e. The number of nitrogens with zero attached hydrogens (tertiary/aromatic N) is 1. The van der Waals surface area contributed by atoms with Gasteiger partial charge < -0.3 is 5.32 Å². The second kappa shape index (κ2) is 7.27. The molecule has 1 aromatic rings. The van der Waals surface area contributed by atoms with Crippen LogP contribution in [0.3, 0.4) is 0 Å². The maximum atomic E-state index is 4.25. The van der Waals surface area contributed by atoms with E-state index >= 15 is 0 Å². The number of rotatable bonds is 6. The van der Waals surface area contributed by atoms with Crippen LogP contribution in [0.5, 0.6) is 0 Å². The summed E-state index contributed by atoms with van der Waals surface area (Å²) in [5.41, 5.74) is 1.13. The van der Waals surface area contributed by atoms with Crippen LogP contribution >= 0.6 is 0 Å². The number of hydrogen-bond donors (Lipinski definition) is 1. The molecular formula is C12H18N2. The lowest BCUT2D eigenvalue weighted by Crippen LogP contribution is -2.12. The molecular weight excluding hydrogens is 172 g/mol. The highest BCUT2D eigenvalue weighted by Crippen LogP contribution is 1.95. The van der Waals surface area contributed by atoms with E-state index in [-0.39, 0.29) is 0 Å². The molecule has 0 atom stereocenters. The average Bonchev–Trinajstić information content (AvgIpc) is 2.25. The molecule has 1 rings (SSSR count). The van der Waals surface area contributed by atoms with Crippen molar-refractivity contribution in [1.82, 2.24) is 10.3 Å². The van der Waals surface area contributed by atoms with Crippen molar-refractivity contribution in [2.24, 2.45) is 0 Å². The fourth-order valence-corrected chi connectivity index (χ4v) is 1.20. The maximum Gasteiger partial charge on any atom is 0.0441 e. The molecule has 0 aliphatic carbocycles. The molecule has 0 fully saturated rings. The zero-order valence-corrected chi connectivity index (χ0v) is 8.74. The fourth-order valence-electron chi connectivity index (χ4n) is 1.20. The zero-order valence-electron chi connectivity index (χ0n) is 8.74. The van der Waals surface area contributed by atoms with Gasteiger partial charge in [0.2, 0.25) is 0 Å². The third-order valence-electron chi connectivity index (χ3n) is 1.96. The van der Waals surface area contributed by atoms with E-state index in [0.29, 0.717) is 0 Å². The third kappa shape index (κ3) is 4.77. The normalized spacial score (nSPS) is 10.9. The molecule has 0 unspecified atom stereocenters. The highest BCUT2D eigenvalue weighted by Gasteiger charge is 1.86. The molecule has 2 heteroatoms. The van der Waals surface area contributed by atoms with Gasteiger partial charge in [-0.05, 0) is 31.6 Å². The van der Waals surface area contributed by atoms with Crippen LogP contribution in [-0.4, -0.2) is 18.1 Å². The molecule has 0 aliphatic heterocycles. The fraction of sp³-hybridized carbons (Fsp3) is 0.417. The molecule has 14 heavy (non-hydrogen) atoms. The summed E-state index contributed by atoms with van der Waals surface area (Å²) in [6.45, 7) is 4.24. The first-order valence-electron chi connectivity index (χ1n) is 5.19. The van der Waals surface area contributed by atoms with Crippen LogP contribution in [0.4, 0.5) is 0 Å². The standard InChI is InChI=1S/C12H18N2/c1-2-13-10-6-3-4-8-12-9-5-7-11-14-12/h3-5,7,9,11,13H,2,6,8,10H2,1H3. The Morgan fingerprint density at radius 2 is 2.29 bits per heavy atom. The summed E-state index contributed by atoms with van der Waals surface area (Å²) in [6.07, 6.45) is 8.26. The summed E-state index contributed by atoms with van der Waals surface area (Å²) in [5.74, 6) is 0. The van der Waals surface area contributed by atoms with Gasteiger partial charge in [0.25, 0.3) is 0 Å². The Hall–Kier alpha value is -1.15. The van der Waals surface area contributed by atoms with E-state index in [0.717, 1.165) is 31.6 Å². The molecule has 1 aromatic heterocycles. The second-order valence-corrected chi connectivity index (χ2v) is 3.14. The highest BCUT2D eigenvalue weighted by atomic mass is 14.8. The van der Waals surface area contributed by atoms with E-state index in [1.165, 1.54) is 0 Å². The van der Waals surface area contributed by atoms with E-state index in [9.17, 15) is 0 Å². The molecule has 0 aromatic carbocycles. The molecule has 0 radical (unpaired) electrons. The van der Waals surface area contributed by atoms with Gasteiger partial charge in [0.05, 0.1) is 0 Å². The summed E-state index contributed by atoms with van der Waals surface area (Å²) < 4.78 is 0. The van der Waals surface area contributed by atoms with Crippen LogP contribution in [-0.2, 0) is 6.42 Å². The van der Waals surface area contributed by atoms with Crippen LogP contribution in [0.15, 0.2) is 36.5 Å². The van der Waals surface area contributed by atoms with Gasteiger partial charge in [-0.1, -0.05) is 25.1 Å². The maximum absolute atomic E-state index is 4.25. The van der Waals surface area contributed by atoms with Crippen LogP contribution in [0.1, 0.15) is 19.0 Å². The molecule has 1 N–H and O–H groups in total. The molecule has 0 saturated heterocycles. The first kappa shape index (κ1) is 10.9. The van der Waals surface area contributed by atoms with E-state index in [1.807, 2.05) is 18.3 Å². The van der Waals surface area contributed by atoms with Gasteiger partial charge in [-0.3, -0.25) is 4.98 Å². The van der Waals surface area contributed by atoms with Gasteiger partial charge in [-0.15, -0.1) is 0 Å². The van der Waals surface area contributed by atoms with Crippen molar-refractivity contribution in [2.75, 3.05) is 13.1 Å². The molecule has 2 nitrogen and oxygen atoms in total.